The first-order valence-electron chi connectivity index (χ1n) is 3.18. The summed E-state index contributed by atoms with van der Waals surface area (Å²) in [4.78, 5) is 0. The van der Waals surface area contributed by atoms with E-state index in [0.717, 1.165) is 0 Å². The molecule has 0 saturated carbocycles. The molecule has 10 heavy (non-hydrogen) atoms. The van der Waals surface area contributed by atoms with Gasteiger partial charge >= 0.3 is 0 Å². The maximum atomic E-state index is 3.91. The molecule has 1 rings (SSSR count). The highest BCUT2D eigenvalue weighted by molar-refractivity contribution is 5.19. The van der Waals surface area contributed by atoms with E-state index in [1.54, 1.807) is 0 Å². The molecule has 0 saturated heterocycles. The predicted octanol–water partition coefficient (Wildman–Crippen LogP) is 3.07. The van der Waals surface area contributed by atoms with Crippen molar-refractivity contribution in [3.05, 3.63) is 50.2 Å². The molecule has 0 spiro atoms. The van der Waals surface area contributed by atoms with Crippen molar-refractivity contribution in [2.75, 3.05) is 0 Å². The van der Waals surface area contributed by atoms with Crippen LogP contribution in [-0.2, 0) is 0 Å². The van der Waals surface area contributed by atoms with Crippen molar-refractivity contribution >= 4 is 0 Å². The minimum atomic E-state index is 0. The van der Waals surface area contributed by atoms with Gasteiger partial charge in [0.15, 0.2) is 0 Å². The second-order valence-corrected chi connectivity index (χ2v) is 2.31. The number of benzene rings is 1. The van der Waals surface area contributed by atoms with Crippen LogP contribution in [-0.4, -0.2) is 0 Å². The molecule has 1 aromatic carbocycles. The zero-order chi connectivity index (χ0) is 6.69. The zero-order valence-corrected chi connectivity index (χ0v) is 6.67. The van der Waals surface area contributed by atoms with Gasteiger partial charge in [0.2, 0.25) is 0 Å². The Kier molecular flexibility index (Phi) is 3.78. The Morgan fingerprint density at radius 1 is 1.20 bits per heavy atom. The fourth-order valence-corrected chi connectivity index (χ4v) is 0.782. The Labute approximate surface area is 63.9 Å². The van der Waals surface area contributed by atoms with E-state index in [4.69, 9.17) is 0 Å². The van der Waals surface area contributed by atoms with Gasteiger partial charge in [-0.25, -0.2) is 0 Å². The van der Waals surface area contributed by atoms with Gasteiger partial charge in [0.25, 0.3) is 0 Å². The molecule has 0 amide bonds. The van der Waals surface area contributed by atoms with E-state index in [2.05, 4.69) is 26.0 Å². The Balaban J connectivity index is 0.000000810. The highest BCUT2D eigenvalue weighted by atomic mass is 14.0. The highest BCUT2D eigenvalue weighted by Crippen LogP contribution is 2.11. The van der Waals surface area contributed by atoms with E-state index in [1.165, 1.54) is 5.56 Å². The van der Waals surface area contributed by atoms with Crippen molar-refractivity contribution in [2.24, 2.45) is 0 Å². The monoisotopic (exact) mass is 134 g/mol. The van der Waals surface area contributed by atoms with E-state index in [-0.39, 0.29) is 7.43 Å². The molecule has 1 aromatic rings. The molecular weight excluding hydrogens is 120 g/mol. The molecule has 0 aliphatic rings. The summed E-state index contributed by atoms with van der Waals surface area (Å²) < 4.78 is 0. The van der Waals surface area contributed by atoms with E-state index in [1.807, 2.05) is 18.2 Å². The summed E-state index contributed by atoms with van der Waals surface area (Å²) in [6, 6.07) is 10.3. The maximum absolute atomic E-state index is 3.91. The smallest absolute Gasteiger partial charge is 0.0190 e. The first-order chi connectivity index (χ1) is 4.30. The van der Waals surface area contributed by atoms with Crippen molar-refractivity contribution in [3.63, 3.8) is 0 Å². The van der Waals surface area contributed by atoms with Crippen LogP contribution in [0, 0.1) is 14.4 Å². The summed E-state index contributed by atoms with van der Waals surface area (Å²) in [6.45, 7) is 6.00. The third kappa shape index (κ3) is 2.22. The first kappa shape index (κ1) is 9.22. The van der Waals surface area contributed by atoms with Crippen LogP contribution in [0.5, 0.6) is 0 Å². The van der Waals surface area contributed by atoms with Gasteiger partial charge in [-0.1, -0.05) is 44.7 Å². The second kappa shape index (κ2) is 4.10. The van der Waals surface area contributed by atoms with Crippen LogP contribution in [0.15, 0.2) is 30.3 Å². The maximum Gasteiger partial charge on any atom is -0.0190 e. The molecule has 1 atom stereocenters. The summed E-state index contributed by atoms with van der Waals surface area (Å²) in [6.07, 6.45) is 0. The quantitative estimate of drug-likeness (QED) is 0.553. The molecule has 0 aliphatic heterocycles. The lowest BCUT2D eigenvalue weighted by Crippen LogP contribution is -1.83. The molecule has 0 aromatic heterocycles. The molecule has 0 N–H and O–H groups in total. The summed E-state index contributed by atoms with van der Waals surface area (Å²) in [5.74, 6) is 0.409. The van der Waals surface area contributed by atoms with E-state index in [0.29, 0.717) is 5.92 Å². The standard InChI is InChI=1S/C9H11.CH3/c1-8(2)9-6-4-3-5-7-9;/h3-8H,1H2,2H3;1H3. The zero-order valence-electron chi connectivity index (χ0n) is 6.67. The van der Waals surface area contributed by atoms with E-state index in [9.17, 15) is 0 Å². The molecule has 0 fully saturated rings. The normalized spacial score (nSPS) is 9.10. The Bertz CT molecular complexity index is 163. The van der Waals surface area contributed by atoms with Crippen LogP contribution >= 0.6 is 0 Å². The van der Waals surface area contributed by atoms with Gasteiger partial charge < -0.3 is 0 Å². The molecule has 0 heteroatoms. The highest BCUT2D eigenvalue weighted by Gasteiger charge is 1.93. The number of rotatable bonds is 1. The number of hydrogen-bond acceptors (Lipinski definition) is 0. The van der Waals surface area contributed by atoms with Crippen molar-refractivity contribution in [2.45, 2.75) is 12.8 Å². The second-order valence-electron chi connectivity index (χ2n) is 2.31. The van der Waals surface area contributed by atoms with Gasteiger partial charge in [-0.15, -0.1) is 0 Å². The molecule has 1 unspecified atom stereocenters. The van der Waals surface area contributed by atoms with Crippen LogP contribution in [0.3, 0.4) is 0 Å². The summed E-state index contributed by atoms with van der Waals surface area (Å²) in [5, 5.41) is 0. The lowest BCUT2D eigenvalue weighted by molar-refractivity contribution is 0.964. The van der Waals surface area contributed by atoms with Crippen molar-refractivity contribution in [1.82, 2.24) is 0 Å². The largest absolute Gasteiger partial charge is 0.0683 e. The summed E-state index contributed by atoms with van der Waals surface area (Å²) >= 11 is 0. The Morgan fingerprint density at radius 2 is 1.70 bits per heavy atom. The van der Waals surface area contributed by atoms with Gasteiger partial charge in [0.05, 0.1) is 0 Å². The van der Waals surface area contributed by atoms with Crippen LogP contribution in [0.2, 0.25) is 0 Å². The van der Waals surface area contributed by atoms with Crippen LogP contribution in [0.4, 0.5) is 0 Å². The molecule has 0 heterocycles. The minimum absolute atomic E-state index is 0. The van der Waals surface area contributed by atoms with E-state index >= 15 is 0 Å². The topological polar surface area (TPSA) is 0 Å². The molecule has 0 bridgehead atoms. The molecule has 0 nitrogen and oxygen atoms in total. The SMILES string of the molecule is [CH2]C(C)c1ccccc1.[CH3]. The van der Waals surface area contributed by atoms with Crippen LogP contribution in [0.25, 0.3) is 0 Å². The summed E-state index contributed by atoms with van der Waals surface area (Å²) in [5.41, 5.74) is 1.30. The van der Waals surface area contributed by atoms with Crippen LogP contribution in [0.1, 0.15) is 18.4 Å². The van der Waals surface area contributed by atoms with E-state index < -0.39 is 0 Å². The average Bonchev–Trinajstić information content (AvgIpc) is 1.90. The third-order valence-electron chi connectivity index (χ3n) is 1.37. The van der Waals surface area contributed by atoms with Crippen molar-refractivity contribution < 1.29 is 0 Å². The van der Waals surface area contributed by atoms with Gasteiger partial charge in [0, 0.05) is 0 Å². The Hall–Kier alpha value is -0.780. The van der Waals surface area contributed by atoms with Gasteiger partial charge in [-0.3, -0.25) is 0 Å². The van der Waals surface area contributed by atoms with Crippen LogP contribution < -0.4 is 0 Å². The van der Waals surface area contributed by atoms with Crippen molar-refractivity contribution in [1.29, 1.82) is 0 Å². The van der Waals surface area contributed by atoms with Crippen molar-refractivity contribution in [3.8, 4) is 0 Å². The molecule has 2 radical (unpaired) electrons. The lowest BCUT2D eigenvalue weighted by Gasteiger charge is -2.01. The molecule has 0 aliphatic carbocycles. The van der Waals surface area contributed by atoms with Gasteiger partial charge in [-0.2, -0.15) is 0 Å². The fourth-order valence-electron chi connectivity index (χ4n) is 0.782. The lowest BCUT2D eigenvalue weighted by atomic mass is 10.0. The van der Waals surface area contributed by atoms with Gasteiger partial charge in [0.1, 0.15) is 0 Å². The Morgan fingerprint density at radius 3 is 2.00 bits per heavy atom. The molecular formula is C10H14. The summed E-state index contributed by atoms with van der Waals surface area (Å²) in [7, 11) is 0. The van der Waals surface area contributed by atoms with Gasteiger partial charge in [-0.05, 0) is 18.4 Å². The average molecular weight is 134 g/mol. The fraction of sp³-hybridized carbons (Fsp3) is 0.200. The first-order valence-corrected chi connectivity index (χ1v) is 3.18. The molecule has 54 valence electrons. The predicted molar refractivity (Wildman–Crippen MR) is 46.6 cm³/mol. The number of hydrogen-bond donors (Lipinski definition) is 0. The third-order valence-corrected chi connectivity index (χ3v) is 1.37. The minimum Gasteiger partial charge on any atom is -0.0683 e.